The Morgan fingerprint density at radius 3 is 2.80 bits per heavy atom. The van der Waals surface area contributed by atoms with E-state index in [0.717, 1.165) is 6.42 Å². The van der Waals surface area contributed by atoms with E-state index in [0.29, 0.717) is 23.9 Å². The van der Waals surface area contributed by atoms with Gasteiger partial charge in [0.25, 0.3) is 0 Å². The molecule has 1 unspecified atom stereocenters. The van der Waals surface area contributed by atoms with Crippen molar-refractivity contribution in [1.29, 1.82) is 0 Å². The van der Waals surface area contributed by atoms with Gasteiger partial charge in [-0.2, -0.15) is 0 Å². The van der Waals surface area contributed by atoms with Crippen LogP contribution in [0.4, 0.5) is 5.95 Å². The highest BCUT2D eigenvalue weighted by molar-refractivity contribution is 6.30. The number of carboxylic acids is 1. The lowest BCUT2D eigenvalue weighted by molar-refractivity contribution is -0.138. The summed E-state index contributed by atoms with van der Waals surface area (Å²) in [7, 11) is 0. The van der Waals surface area contributed by atoms with Crippen LogP contribution in [0.2, 0.25) is 5.02 Å². The predicted molar refractivity (Wildman–Crippen MR) is 55.0 cm³/mol. The van der Waals surface area contributed by atoms with Crippen molar-refractivity contribution in [3.8, 4) is 0 Å². The highest BCUT2D eigenvalue weighted by Gasteiger charge is 2.31. The summed E-state index contributed by atoms with van der Waals surface area (Å²) in [5, 5.41) is 9.43. The summed E-state index contributed by atoms with van der Waals surface area (Å²) in [6.07, 6.45) is 4.44. The van der Waals surface area contributed by atoms with Crippen molar-refractivity contribution < 1.29 is 9.90 Å². The molecule has 1 atom stereocenters. The smallest absolute Gasteiger partial charge is 0.326 e. The molecule has 5 nitrogen and oxygen atoms in total. The number of carboxylic acid groups (broad SMARTS) is 1. The molecule has 2 heterocycles. The zero-order valence-corrected chi connectivity index (χ0v) is 8.68. The van der Waals surface area contributed by atoms with E-state index in [1.807, 2.05) is 0 Å². The van der Waals surface area contributed by atoms with Gasteiger partial charge in [0.1, 0.15) is 6.04 Å². The Hall–Kier alpha value is -1.36. The molecule has 0 saturated carbocycles. The van der Waals surface area contributed by atoms with Crippen molar-refractivity contribution in [3.63, 3.8) is 0 Å². The molecule has 80 valence electrons. The Morgan fingerprint density at radius 2 is 2.20 bits per heavy atom. The van der Waals surface area contributed by atoms with Gasteiger partial charge in [0.15, 0.2) is 0 Å². The van der Waals surface area contributed by atoms with Crippen LogP contribution in [0.15, 0.2) is 12.4 Å². The van der Waals surface area contributed by atoms with Crippen molar-refractivity contribution in [3.05, 3.63) is 17.4 Å². The molecule has 0 aliphatic carbocycles. The number of nitrogens with zero attached hydrogens (tertiary/aromatic N) is 3. The number of hydrogen-bond donors (Lipinski definition) is 1. The largest absolute Gasteiger partial charge is 0.480 e. The molecule has 0 radical (unpaired) electrons. The average molecular weight is 228 g/mol. The van der Waals surface area contributed by atoms with Crippen molar-refractivity contribution in [2.75, 3.05) is 11.4 Å². The first-order valence-electron chi connectivity index (χ1n) is 4.65. The van der Waals surface area contributed by atoms with E-state index < -0.39 is 12.0 Å². The van der Waals surface area contributed by atoms with Crippen LogP contribution in [0.1, 0.15) is 12.8 Å². The van der Waals surface area contributed by atoms with Crippen LogP contribution in [-0.2, 0) is 4.79 Å². The molecule has 0 amide bonds. The molecule has 2 rings (SSSR count). The van der Waals surface area contributed by atoms with Crippen LogP contribution in [0.25, 0.3) is 0 Å². The number of halogens is 1. The third-order valence-electron chi connectivity index (χ3n) is 2.40. The van der Waals surface area contributed by atoms with Gasteiger partial charge in [-0.15, -0.1) is 0 Å². The minimum atomic E-state index is -0.828. The zero-order chi connectivity index (χ0) is 10.8. The Bertz CT molecular complexity index is 368. The molecule has 1 aliphatic rings. The maximum absolute atomic E-state index is 10.9. The summed E-state index contributed by atoms with van der Waals surface area (Å²) in [4.78, 5) is 20.6. The van der Waals surface area contributed by atoms with Gasteiger partial charge in [-0.25, -0.2) is 14.8 Å². The van der Waals surface area contributed by atoms with Crippen LogP contribution in [0, 0.1) is 0 Å². The van der Waals surface area contributed by atoms with E-state index in [1.165, 1.54) is 12.4 Å². The molecule has 0 aromatic carbocycles. The Morgan fingerprint density at radius 1 is 1.53 bits per heavy atom. The Balaban J connectivity index is 2.22. The third-order valence-corrected chi connectivity index (χ3v) is 2.60. The summed E-state index contributed by atoms with van der Waals surface area (Å²) in [6, 6.07) is -0.508. The first-order chi connectivity index (χ1) is 7.18. The first kappa shape index (κ1) is 10.2. The fraction of sp³-hybridized carbons (Fsp3) is 0.444. The lowest BCUT2D eigenvalue weighted by Crippen LogP contribution is -2.36. The van der Waals surface area contributed by atoms with Crippen LogP contribution in [0.3, 0.4) is 0 Å². The average Bonchev–Trinajstić information content (AvgIpc) is 2.67. The highest BCUT2D eigenvalue weighted by Crippen LogP contribution is 2.22. The predicted octanol–water partition coefficient (Wildman–Crippen LogP) is 1.18. The fourth-order valence-electron chi connectivity index (χ4n) is 1.72. The summed E-state index contributed by atoms with van der Waals surface area (Å²) < 4.78 is 0. The van der Waals surface area contributed by atoms with E-state index in [4.69, 9.17) is 16.7 Å². The van der Waals surface area contributed by atoms with Gasteiger partial charge in [-0.3, -0.25) is 0 Å². The summed E-state index contributed by atoms with van der Waals surface area (Å²) in [5.41, 5.74) is 0. The highest BCUT2D eigenvalue weighted by atomic mass is 35.5. The molecular weight excluding hydrogens is 218 g/mol. The third kappa shape index (κ3) is 2.02. The maximum Gasteiger partial charge on any atom is 0.326 e. The number of hydrogen-bond acceptors (Lipinski definition) is 4. The number of aromatic nitrogens is 2. The van der Waals surface area contributed by atoms with Gasteiger partial charge < -0.3 is 10.0 Å². The summed E-state index contributed by atoms with van der Waals surface area (Å²) >= 11 is 5.66. The second-order valence-corrected chi connectivity index (χ2v) is 3.83. The van der Waals surface area contributed by atoms with E-state index in [-0.39, 0.29) is 0 Å². The minimum Gasteiger partial charge on any atom is -0.480 e. The molecule has 6 heteroatoms. The monoisotopic (exact) mass is 227 g/mol. The quantitative estimate of drug-likeness (QED) is 0.822. The Labute approximate surface area is 91.7 Å². The van der Waals surface area contributed by atoms with Crippen LogP contribution >= 0.6 is 11.6 Å². The zero-order valence-electron chi connectivity index (χ0n) is 7.93. The molecule has 1 N–H and O–H groups in total. The first-order valence-corrected chi connectivity index (χ1v) is 5.03. The molecule has 0 bridgehead atoms. The number of aliphatic carboxylic acids is 1. The molecule has 1 aromatic rings. The van der Waals surface area contributed by atoms with E-state index in [1.54, 1.807) is 4.90 Å². The van der Waals surface area contributed by atoms with E-state index in [9.17, 15) is 4.79 Å². The number of anilines is 1. The molecule has 0 spiro atoms. The van der Waals surface area contributed by atoms with Crippen molar-refractivity contribution >= 4 is 23.5 Å². The van der Waals surface area contributed by atoms with Crippen LogP contribution < -0.4 is 4.90 Å². The van der Waals surface area contributed by atoms with Crippen molar-refractivity contribution in [2.45, 2.75) is 18.9 Å². The second-order valence-electron chi connectivity index (χ2n) is 3.39. The van der Waals surface area contributed by atoms with Gasteiger partial charge >= 0.3 is 5.97 Å². The standard InChI is InChI=1S/C9H10ClN3O2/c10-6-4-11-9(12-5-6)13-3-1-2-7(13)8(14)15/h4-5,7H,1-3H2,(H,14,15). The van der Waals surface area contributed by atoms with Gasteiger partial charge in [-0.1, -0.05) is 11.6 Å². The van der Waals surface area contributed by atoms with Gasteiger partial charge in [0, 0.05) is 6.54 Å². The second kappa shape index (κ2) is 4.02. The minimum absolute atomic E-state index is 0.435. The normalized spacial score (nSPS) is 20.6. The number of rotatable bonds is 2. The van der Waals surface area contributed by atoms with Crippen LogP contribution in [-0.4, -0.2) is 33.6 Å². The van der Waals surface area contributed by atoms with Crippen molar-refractivity contribution in [1.82, 2.24) is 9.97 Å². The molecule has 1 fully saturated rings. The summed E-state index contributed by atoms with van der Waals surface area (Å²) in [5.74, 6) is -0.393. The van der Waals surface area contributed by atoms with E-state index in [2.05, 4.69) is 9.97 Å². The molecule has 1 aliphatic heterocycles. The maximum atomic E-state index is 10.9. The lowest BCUT2D eigenvalue weighted by atomic mass is 10.2. The lowest BCUT2D eigenvalue weighted by Gasteiger charge is -2.20. The summed E-state index contributed by atoms with van der Waals surface area (Å²) in [6.45, 7) is 0.679. The molecule has 1 saturated heterocycles. The fourth-order valence-corrected chi connectivity index (χ4v) is 1.81. The topological polar surface area (TPSA) is 66.3 Å². The Kier molecular flexibility index (Phi) is 2.73. The molecular formula is C9H10ClN3O2. The SMILES string of the molecule is O=C(O)C1CCCN1c1ncc(Cl)cn1. The van der Waals surface area contributed by atoms with Gasteiger partial charge in [0.05, 0.1) is 17.4 Å². The van der Waals surface area contributed by atoms with Crippen LogP contribution in [0.5, 0.6) is 0 Å². The van der Waals surface area contributed by atoms with E-state index >= 15 is 0 Å². The molecule has 15 heavy (non-hydrogen) atoms. The van der Waals surface area contributed by atoms with Gasteiger partial charge in [0.2, 0.25) is 5.95 Å². The van der Waals surface area contributed by atoms with Crippen molar-refractivity contribution in [2.24, 2.45) is 0 Å². The molecule has 1 aromatic heterocycles. The van der Waals surface area contributed by atoms with Gasteiger partial charge in [-0.05, 0) is 12.8 Å². The number of carbonyl (C=O) groups is 1.